The third-order valence-electron chi connectivity index (χ3n) is 4.20. The van der Waals surface area contributed by atoms with E-state index in [1.807, 2.05) is 0 Å². The Labute approximate surface area is 131 Å². The van der Waals surface area contributed by atoms with E-state index in [2.05, 4.69) is 10.3 Å². The molecule has 0 bridgehead atoms. The van der Waals surface area contributed by atoms with Gasteiger partial charge in [0.05, 0.1) is 12.1 Å². The number of carboxylic acid groups (broad SMARTS) is 1. The van der Waals surface area contributed by atoms with Crippen LogP contribution < -0.4 is 5.32 Å². The van der Waals surface area contributed by atoms with Crippen LogP contribution in [0.15, 0.2) is 11.3 Å². The molecule has 0 aromatic carbocycles. The van der Waals surface area contributed by atoms with Crippen molar-refractivity contribution in [2.45, 2.75) is 39.2 Å². The summed E-state index contributed by atoms with van der Waals surface area (Å²) in [5, 5.41) is 19.7. The van der Waals surface area contributed by atoms with Crippen LogP contribution in [-0.2, 0) is 16.1 Å². The maximum absolute atomic E-state index is 12.6. The Balaban J connectivity index is 2.07. The number of hydrogen-bond donors (Lipinski definition) is 3. The van der Waals surface area contributed by atoms with Gasteiger partial charge in [-0.05, 0) is 13.3 Å². The summed E-state index contributed by atoms with van der Waals surface area (Å²) in [6.45, 7) is 3.38. The van der Waals surface area contributed by atoms with Gasteiger partial charge < -0.3 is 15.0 Å². The van der Waals surface area contributed by atoms with E-state index in [9.17, 15) is 14.4 Å². The first-order valence-corrected chi connectivity index (χ1v) is 7.26. The van der Waals surface area contributed by atoms with Crippen LogP contribution in [0.5, 0.6) is 0 Å². The third-order valence-corrected chi connectivity index (χ3v) is 4.20. The van der Waals surface area contributed by atoms with Gasteiger partial charge in [-0.3, -0.25) is 19.8 Å². The van der Waals surface area contributed by atoms with E-state index in [1.165, 1.54) is 6.92 Å². The third kappa shape index (κ3) is 2.26. The molecule has 0 fully saturated rings. The zero-order valence-electron chi connectivity index (χ0n) is 12.8. The molecule has 120 valence electrons. The SMILES string of the molecule is CC(=O)NC1=C(C)C(=O)c2c(nc3n2CCC3CC(=O)O)C1=N. The summed E-state index contributed by atoms with van der Waals surface area (Å²) in [6.07, 6.45) is 0.562. The highest BCUT2D eigenvalue weighted by molar-refractivity contribution is 6.26. The second-order valence-corrected chi connectivity index (χ2v) is 5.79. The fourth-order valence-electron chi connectivity index (χ4n) is 3.16. The molecule has 0 spiro atoms. The number of ketones is 1. The van der Waals surface area contributed by atoms with E-state index in [4.69, 9.17) is 10.5 Å². The maximum atomic E-state index is 12.6. The number of aliphatic carboxylic acids is 1. The number of rotatable bonds is 3. The molecular weight excluding hydrogens is 300 g/mol. The number of carbonyl (C=O) groups is 3. The molecule has 8 heteroatoms. The van der Waals surface area contributed by atoms with Gasteiger partial charge in [-0.1, -0.05) is 0 Å². The summed E-state index contributed by atoms with van der Waals surface area (Å²) in [5.74, 6) is -1.29. The highest BCUT2D eigenvalue weighted by Gasteiger charge is 2.38. The van der Waals surface area contributed by atoms with Crippen LogP contribution in [0.25, 0.3) is 0 Å². The number of allylic oxidation sites excluding steroid dienone is 2. The minimum absolute atomic E-state index is 0.0109. The highest BCUT2D eigenvalue weighted by Crippen LogP contribution is 2.36. The van der Waals surface area contributed by atoms with Crippen molar-refractivity contribution in [3.8, 4) is 0 Å². The number of Topliss-reactive ketones (excluding diaryl/α,β-unsaturated/α-hetero) is 1. The lowest BCUT2D eigenvalue weighted by atomic mass is 9.94. The van der Waals surface area contributed by atoms with Crippen molar-refractivity contribution < 1.29 is 19.5 Å². The van der Waals surface area contributed by atoms with Crippen LogP contribution in [0.3, 0.4) is 0 Å². The number of carboxylic acids is 1. The van der Waals surface area contributed by atoms with E-state index in [1.54, 1.807) is 11.5 Å². The molecule has 1 unspecified atom stereocenters. The van der Waals surface area contributed by atoms with Gasteiger partial charge in [-0.2, -0.15) is 0 Å². The Kier molecular flexibility index (Phi) is 3.39. The molecule has 1 aromatic heterocycles. The molecule has 2 aliphatic rings. The average Bonchev–Trinajstić information content (AvgIpc) is 3.01. The lowest BCUT2D eigenvalue weighted by molar-refractivity contribution is -0.137. The molecule has 3 rings (SSSR count). The lowest BCUT2D eigenvalue weighted by Gasteiger charge is -2.19. The maximum Gasteiger partial charge on any atom is 0.304 e. The van der Waals surface area contributed by atoms with Gasteiger partial charge in [0.1, 0.15) is 22.9 Å². The quantitative estimate of drug-likeness (QED) is 0.761. The standard InChI is InChI=1S/C15H16N4O4/c1-6-11(17-7(2)20)10(16)12-13(14(6)23)19-4-3-8(5-9(21)22)15(19)18-12/h8,16H,3-5H2,1-2H3,(H,17,20)(H,21,22). The van der Waals surface area contributed by atoms with Crippen LogP contribution in [0.1, 0.15) is 54.6 Å². The van der Waals surface area contributed by atoms with Crippen molar-refractivity contribution in [1.82, 2.24) is 14.9 Å². The van der Waals surface area contributed by atoms with Crippen molar-refractivity contribution in [2.75, 3.05) is 0 Å². The highest BCUT2D eigenvalue weighted by atomic mass is 16.4. The van der Waals surface area contributed by atoms with Crippen molar-refractivity contribution in [3.63, 3.8) is 0 Å². The molecule has 8 nitrogen and oxygen atoms in total. The van der Waals surface area contributed by atoms with Gasteiger partial charge in [0.25, 0.3) is 0 Å². The van der Waals surface area contributed by atoms with Gasteiger partial charge in [-0.15, -0.1) is 0 Å². The molecule has 2 heterocycles. The van der Waals surface area contributed by atoms with Crippen LogP contribution in [0.4, 0.5) is 0 Å². The molecule has 0 saturated carbocycles. The molecule has 1 atom stereocenters. The lowest BCUT2D eigenvalue weighted by Crippen LogP contribution is -2.33. The molecule has 1 amide bonds. The zero-order valence-corrected chi connectivity index (χ0v) is 12.8. The molecule has 1 aromatic rings. The molecule has 1 aliphatic carbocycles. The van der Waals surface area contributed by atoms with Crippen LogP contribution >= 0.6 is 0 Å². The summed E-state index contributed by atoms with van der Waals surface area (Å²) in [7, 11) is 0. The Hall–Kier alpha value is -2.77. The fraction of sp³-hybridized carbons (Fsp3) is 0.400. The fourth-order valence-corrected chi connectivity index (χ4v) is 3.16. The second kappa shape index (κ2) is 5.15. The first-order chi connectivity index (χ1) is 10.8. The van der Waals surface area contributed by atoms with E-state index >= 15 is 0 Å². The van der Waals surface area contributed by atoms with E-state index in [0.29, 0.717) is 30.1 Å². The summed E-state index contributed by atoms with van der Waals surface area (Å²) in [6, 6.07) is 0. The number of aromatic nitrogens is 2. The summed E-state index contributed by atoms with van der Waals surface area (Å²) >= 11 is 0. The Morgan fingerprint density at radius 3 is 2.78 bits per heavy atom. The molecule has 0 saturated heterocycles. The monoisotopic (exact) mass is 316 g/mol. The number of carbonyl (C=O) groups excluding carboxylic acids is 2. The normalized spacial score (nSPS) is 19.7. The number of fused-ring (bicyclic) bond motifs is 3. The predicted molar refractivity (Wildman–Crippen MR) is 79.5 cm³/mol. The average molecular weight is 316 g/mol. The summed E-state index contributed by atoms with van der Waals surface area (Å²) in [4.78, 5) is 39.2. The smallest absolute Gasteiger partial charge is 0.304 e. The van der Waals surface area contributed by atoms with Gasteiger partial charge in [0, 0.05) is 25.0 Å². The minimum Gasteiger partial charge on any atom is -0.481 e. The summed E-state index contributed by atoms with van der Waals surface area (Å²) in [5.41, 5.74) is 0.992. The van der Waals surface area contributed by atoms with Crippen molar-refractivity contribution in [3.05, 3.63) is 28.5 Å². The van der Waals surface area contributed by atoms with Gasteiger partial charge in [0.15, 0.2) is 0 Å². The Morgan fingerprint density at radius 1 is 1.48 bits per heavy atom. The molecule has 23 heavy (non-hydrogen) atoms. The molecule has 1 aliphatic heterocycles. The number of imidazole rings is 1. The number of amides is 1. The van der Waals surface area contributed by atoms with Gasteiger partial charge >= 0.3 is 5.97 Å². The van der Waals surface area contributed by atoms with E-state index in [-0.39, 0.29) is 41.1 Å². The molecule has 3 N–H and O–H groups in total. The first-order valence-electron chi connectivity index (χ1n) is 7.26. The topological polar surface area (TPSA) is 125 Å². The van der Waals surface area contributed by atoms with Crippen LogP contribution in [0.2, 0.25) is 0 Å². The predicted octanol–water partition coefficient (Wildman–Crippen LogP) is 0.819. The van der Waals surface area contributed by atoms with Crippen LogP contribution in [-0.4, -0.2) is 38.0 Å². The van der Waals surface area contributed by atoms with Crippen molar-refractivity contribution in [2.24, 2.45) is 0 Å². The number of nitrogens with one attached hydrogen (secondary N) is 2. The second-order valence-electron chi connectivity index (χ2n) is 5.79. The zero-order chi connectivity index (χ0) is 16.9. The Bertz CT molecular complexity index is 803. The van der Waals surface area contributed by atoms with Gasteiger partial charge in [0.2, 0.25) is 11.7 Å². The number of hydrogen-bond acceptors (Lipinski definition) is 5. The van der Waals surface area contributed by atoms with Crippen molar-refractivity contribution in [1.29, 1.82) is 5.41 Å². The largest absolute Gasteiger partial charge is 0.481 e. The van der Waals surface area contributed by atoms with Gasteiger partial charge in [-0.25, -0.2) is 4.98 Å². The molecule has 0 radical (unpaired) electrons. The van der Waals surface area contributed by atoms with Crippen LogP contribution in [0, 0.1) is 5.41 Å². The van der Waals surface area contributed by atoms with E-state index < -0.39 is 5.97 Å². The van der Waals surface area contributed by atoms with E-state index in [0.717, 1.165) is 0 Å². The first kappa shape index (κ1) is 15.1. The number of nitrogens with zero attached hydrogens (tertiary/aromatic N) is 2. The minimum atomic E-state index is -0.918. The Morgan fingerprint density at radius 2 is 2.17 bits per heavy atom. The molecular formula is C15H16N4O4. The summed E-state index contributed by atoms with van der Waals surface area (Å²) < 4.78 is 1.72. The van der Waals surface area contributed by atoms with Crippen molar-refractivity contribution >= 4 is 23.4 Å².